The highest BCUT2D eigenvalue weighted by Gasteiger charge is 2.33. The van der Waals surface area contributed by atoms with E-state index in [2.05, 4.69) is 80.3 Å². The number of hydrogen-bond donors (Lipinski definition) is 6. The summed E-state index contributed by atoms with van der Waals surface area (Å²) in [6.07, 6.45) is 24.0. The number of benzene rings is 3. The van der Waals surface area contributed by atoms with Crippen molar-refractivity contribution in [2.24, 2.45) is 0 Å². The van der Waals surface area contributed by atoms with Crippen LogP contribution in [0.2, 0.25) is 0 Å². The maximum atomic E-state index is 12.8. The molecule has 3 fully saturated rings. The maximum absolute atomic E-state index is 12.8. The van der Waals surface area contributed by atoms with Crippen molar-refractivity contribution in [2.75, 3.05) is 119 Å². The van der Waals surface area contributed by atoms with Crippen LogP contribution in [0.4, 0.5) is 42.8 Å². The zero-order valence-corrected chi connectivity index (χ0v) is 52.0. The fourth-order valence-electron chi connectivity index (χ4n) is 13.9. The third-order valence-corrected chi connectivity index (χ3v) is 22.2. The molecule has 6 amide bonds. The SMILES string of the molecule is CN1CCN(S(=O)(=O)NC(=O)Nc2c3c(cc4c2CCC4)CCC3)CC1.CN1CCN(c2cnn(S(=O)(=O)NC(=O)Nc3c4c(cc5c3CCC5)CCC4)c2)CC1.O=C(Nc1c2c(cc3c1CCC3)CCC2)NS(=O)(=O)n1cc(N2CCOCC2)cn1. The summed E-state index contributed by atoms with van der Waals surface area (Å²) in [5, 5.41) is 16.5. The van der Waals surface area contributed by atoms with Crippen LogP contribution in [-0.4, -0.2) is 169 Å². The van der Waals surface area contributed by atoms with Gasteiger partial charge in [-0.2, -0.15) is 39.8 Å². The Kier molecular flexibility index (Phi) is 17.6. The van der Waals surface area contributed by atoms with Crippen LogP contribution in [0.25, 0.3) is 0 Å². The van der Waals surface area contributed by atoms with Crippen LogP contribution >= 0.6 is 0 Å². The molecule has 87 heavy (non-hydrogen) atoms. The zero-order chi connectivity index (χ0) is 60.6. The van der Waals surface area contributed by atoms with Gasteiger partial charge in [-0.1, -0.05) is 18.2 Å². The van der Waals surface area contributed by atoms with Gasteiger partial charge in [0.05, 0.1) is 49.4 Å². The minimum Gasteiger partial charge on any atom is -0.378 e. The summed E-state index contributed by atoms with van der Waals surface area (Å²) in [5.74, 6) is 0. The molecule has 28 heteroatoms. The molecule has 0 spiro atoms. The Morgan fingerprint density at radius 1 is 0.402 bits per heavy atom. The molecule has 6 aliphatic carbocycles. The topological polar surface area (TPSA) is 287 Å². The average Bonchev–Trinajstić information content (AvgIpc) is 2.98. The molecule has 3 aliphatic heterocycles. The van der Waals surface area contributed by atoms with Gasteiger partial charge in [-0.3, -0.25) is 0 Å². The first kappa shape index (κ1) is 60.5. The first-order valence-corrected chi connectivity index (χ1v) is 35.0. The van der Waals surface area contributed by atoms with Crippen molar-refractivity contribution in [1.29, 1.82) is 0 Å². The van der Waals surface area contributed by atoms with Gasteiger partial charge in [-0.05, 0) is 196 Å². The predicted molar refractivity (Wildman–Crippen MR) is 332 cm³/mol. The molecule has 0 unspecified atom stereocenters. The summed E-state index contributed by atoms with van der Waals surface area (Å²) in [7, 11) is -8.06. The Hall–Kier alpha value is -6.82. The minimum absolute atomic E-state index is 0.398. The smallest absolute Gasteiger partial charge is 0.346 e. The van der Waals surface area contributed by atoms with E-state index in [9.17, 15) is 39.6 Å². The van der Waals surface area contributed by atoms with Gasteiger partial charge in [0.15, 0.2) is 0 Å². The number of carbonyl (C=O) groups excluding carboxylic acids is 3. The number of nitrogens with one attached hydrogen (secondary N) is 6. The molecule has 14 rings (SSSR count). The summed E-state index contributed by atoms with van der Waals surface area (Å²) in [6, 6.07) is 4.67. The number of anilines is 5. The van der Waals surface area contributed by atoms with Gasteiger partial charge in [0.2, 0.25) is 0 Å². The average molecular weight is 1250 g/mol. The number of aryl methyl sites for hydroxylation is 6. The summed E-state index contributed by atoms with van der Waals surface area (Å²) in [5.41, 5.74) is 18.6. The highest BCUT2D eigenvalue weighted by Crippen LogP contribution is 2.41. The van der Waals surface area contributed by atoms with Crippen LogP contribution < -0.4 is 39.9 Å². The minimum atomic E-state index is -4.14. The van der Waals surface area contributed by atoms with Crippen LogP contribution in [0.5, 0.6) is 0 Å². The first-order chi connectivity index (χ1) is 41.9. The molecule has 6 N–H and O–H groups in total. The normalized spacial score (nSPS) is 19.1. The van der Waals surface area contributed by atoms with Gasteiger partial charge in [-0.25, -0.2) is 28.5 Å². The third kappa shape index (κ3) is 13.3. The molecule has 25 nitrogen and oxygen atoms in total. The van der Waals surface area contributed by atoms with E-state index in [1.54, 1.807) is 0 Å². The van der Waals surface area contributed by atoms with Crippen LogP contribution in [0.1, 0.15) is 105 Å². The van der Waals surface area contributed by atoms with E-state index in [-0.39, 0.29) is 0 Å². The molecular weight excluding hydrogens is 1170 g/mol. The van der Waals surface area contributed by atoms with E-state index >= 15 is 0 Å². The molecule has 3 saturated heterocycles. The van der Waals surface area contributed by atoms with E-state index in [1.165, 1.54) is 73.6 Å². The fraction of sp³-hybridized carbons (Fsp3) is 0.542. The Morgan fingerprint density at radius 3 is 1.03 bits per heavy atom. The molecule has 0 radical (unpaired) electrons. The fourth-order valence-corrected chi connectivity index (χ4v) is 16.6. The number of piperazine rings is 2. The van der Waals surface area contributed by atoms with E-state index in [4.69, 9.17) is 4.74 Å². The van der Waals surface area contributed by atoms with E-state index in [0.29, 0.717) is 58.2 Å². The van der Waals surface area contributed by atoms with Gasteiger partial charge in [0.1, 0.15) is 0 Å². The lowest BCUT2D eigenvalue weighted by Gasteiger charge is -2.32. The van der Waals surface area contributed by atoms with Gasteiger partial charge in [-0.15, -0.1) is 8.17 Å². The molecule has 5 heterocycles. The lowest BCUT2D eigenvalue weighted by molar-refractivity contribution is 0.122. The van der Waals surface area contributed by atoms with E-state index in [0.717, 1.165) is 195 Å². The molecule has 468 valence electrons. The number of morpholine rings is 1. The second-order valence-corrected chi connectivity index (χ2v) is 28.8. The van der Waals surface area contributed by atoms with Crippen molar-refractivity contribution in [3.63, 3.8) is 0 Å². The number of nitrogens with zero attached hydrogens (tertiary/aromatic N) is 9. The van der Waals surface area contributed by atoms with Crippen molar-refractivity contribution in [2.45, 2.75) is 116 Å². The summed E-state index contributed by atoms with van der Waals surface area (Å²) in [6.45, 7) is 8.08. The van der Waals surface area contributed by atoms with Crippen molar-refractivity contribution in [1.82, 2.24) is 46.6 Å². The van der Waals surface area contributed by atoms with E-state index < -0.39 is 48.7 Å². The molecule has 3 aromatic carbocycles. The standard InChI is InChI=1S/C21H28N6O3S.C20H25N5O4S.C18H26N4O3S/c1-25-8-10-26(11-9-25)17-13-22-27(14-17)31(29,30)24-21(28)23-20-18-6-2-4-15(18)12-16-5-3-7-19(16)20;26-20(22-19-17-5-1-3-14(17)11-15-4-2-6-18(15)19)23-30(27,28)25-13-16(12-21-25)24-7-9-29-10-8-24;1-21-8-10-22(11-9-21)26(24,25)20-18(23)19-17-15-6-2-4-13(15)12-14-5-3-7-16(14)17/h12-14H,2-11H2,1H3,(H2,23,24,28);11-13H,1-10H2,(H2,22,23,26);12H,2-11H2,1H3,(H2,19,20,23). The quantitative estimate of drug-likeness (QED) is 0.107. The van der Waals surface area contributed by atoms with Crippen molar-refractivity contribution in [3.05, 3.63) is 110 Å². The number of fused-ring (bicyclic) bond motifs is 6. The third-order valence-electron chi connectivity index (χ3n) is 18.4. The van der Waals surface area contributed by atoms with Gasteiger partial charge >= 0.3 is 48.7 Å². The highest BCUT2D eigenvalue weighted by molar-refractivity contribution is 7.88. The monoisotopic (exact) mass is 1250 g/mol. The molecule has 0 atom stereocenters. The number of carbonyl (C=O) groups is 3. The first-order valence-electron chi connectivity index (χ1n) is 30.7. The number of amides is 6. The summed E-state index contributed by atoms with van der Waals surface area (Å²) in [4.78, 5) is 46.2. The Balaban J connectivity index is 0.000000128. The Labute approximate surface area is 509 Å². The molecule has 2 aromatic heterocycles. The lowest BCUT2D eigenvalue weighted by atomic mass is 9.99. The molecule has 0 saturated carbocycles. The summed E-state index contributed by atoms with van der Waals surface area (Å²) < 4.78 is 90.6. The molecule has 5 aromatic rings. The van der Waals surface area contributed by atoms with Gasteiger partial charge in [0.25, 0.3) is 0 Å². The van der Waals surface area contributed by atoms with Gasteiger partial charge in [0, 0.05) is 82.5 Å². The van der Waals surface area contributed by atoms with Crippen LogP contribution in [0.15, 0.2) is 43.0 Å². The predicted octanol–water partition coefficient (Wildman–Crippen LogP) is 4.42. The lowest BCUT2D eigenvalue weighted by Crippen LogP contribution is -2.52. The molecule has 0 bridgehead atoms. The zero-order valence-electron chi connectivity index (χ0n) is 49.6. The van der Waals surface area contributed by atoms with Crippen LogP contribution in [0.3, 0.4) is 0 Å². The van der Waals surface area contributed by atoms with Crippen LogP contribution in [0, 0.1) is 0 Å². The molecule has 9 aliphatic rings. The number of hydrogen-bond acceptors (Lipinski definition) is 16. The highest BCUT2D eigenvalue weighted by atomic mass is 32.2. The largest absolute Gasteiger partial charge is 0.378 e. The number of urea groups is 3. The summed E-state index contributed by atoms with van der Waals surface area (Å²) >= 11 is 0. The second-order valence-electron chi connectivity index (χ2n) is 24.1. The van der Waals surface area contributed by atoms with Crippen molar-refractivity contribution >= 4 is 77.2 Å². The number of rotatable bonds is 11. The van der Waals surface area contributed by atoms with Crippen LogP contribution in [-0.2, 0) is 112 Å². The second kappa shape index (κ2) is 25.3. The maximum Gasteiger partial charge on any atom is 0.346 e. The number of aromatic nitrogens is 4. The Bertz CT molecular complexity index is 3710. The molecular formula is C59H79N15O10S3. The van der Waals surface area contributed by atoms with Gasteiger partial charge < -0.3 is 40.3 Å². The van der Waals surface area contributed by atoms with E-state index in [1.807, 2.05) is 11.9 Å². The number of likely N-dealkylation sites (N-methyl/N-ethyl adjacent to an activating group) is 2. The Morgan fingerprint density at radius 2 is 0.701 bits per heavy atom. The van der Waals surface area contributed by atoms with Crippen molar-refractivity contribution < 1.29 is 44.4 Å². The number of ether oxygens (including phenoxy) is 1. The van der Waals surface area contributed by atoms with Crippen molar-refractivity contribution in [3.8, 4) is 0 Å².